The van der Waals surface area contributed by atoms with Crippen LogP contribution in [0.3, 0.4) is 0 Å². The molecule has 0 saturated carbocycles. The predicted octanol–water partition coefficient (Wildman–Crippen LogP) is 2.82. The van der Waals surface area contributed by atoms with Gasteiger partial charge >= 0.3 is 5.97 Å². The summed E-state index contributed by atoms with van der Waals surface area (Å²) in [5.41, 5.74) is 0.988. The van der Waals surface area contributed by atoms with Crippen molar-refractivity contribution < 1.29 is 19.4 Å². The lowest BCUT2D eigenvalue weighted by Gasteiger charge is -2.28. The number of carbonyl (C=O) groups excluding carboxylic acids is 1. The lowest BCUT2D eigenvalue weighted by atomic mass is 9.88. The number of fused-ring (bicyclic) bond motifs is 2. The van der Waals surface area contributed by atoms with E-state index in [0.29, 0.717) is 6.54 Å². The van der Waals surface area contributed by atoms with Crippen molar-refractivity contribution in [3.05, 3.63) is 34.3 Å². The fraction of sp³-hybridized carbons (Fsp3) is 0.529. The van der Waals surface area contributed by atoms with Gasteiger partial charge in [0.25, 0.3) is 0 Å². The van der Waals surface area contributed by atoms with Crippen LogP contribution in [0.15, 0.2) is 28.7 Å². The lowest BCUT2D eigenvalue weighted by Crippen LogP contribution is -2.40. The maximum absolute atomic E-state index is 12.9. The summed E-state index contributed by atoms with van der Waals surface area (Å²) in [5.74, 6) is -0.977. The number of halogens is 1. The molecule has 1 aromatic carbocycles. The van der Waals surface area contributed by atoms with Gasteiger partial charge in [0.05, 0.1) is 24.5 Å². The number of hydrogen-bond acceptors (Lipinski definition) is 3. The van der Waals surface area contributed by atoms with Crippen molar-refractivity contribution in [1.29, 1.82) is 0 Å². The molecule has 0 aromatic heterocycles. The number of carbonyl (C=O) groups is 2. The molecule has 0 unspecified atom stereocenters. The number of ether oxygens (including phenoxy) is 1. The van der Waals surface area contributed by atoms with Gasteiger partial charge in [-0.1, -0.05) is 28.1 Å². The molecular weight excluding hydrogens is 362 g/mol. The maximum atomic E-state index is 12.9. The van der Waals surface area contributed by atoms with Crippen molar-refractivity contribution >= 4 is 27.8 Å². The van der Waals surface area contributed by atoms with E-state index in [-0.39, 0.29) is 37.0 Å². The van der Waals surface area contributed by atoms with Crippen molar-refractivity contribution in [2.45, 2.75) is 44.4 Å². The molecule has 6 heteroatoms. The normalized spacial score (nSPS) is 25.5. The van der Waals surface area contributed by atoms with Gasteiger partial charge in [0.15, 0.2) is 0 Å². The fourth-order valence-corrected chi connectivity index (χ4v) is 3.93. The summed E-state index contributed by atoms with van der Waals surface area (Å²) in [6.07, 6.45) is 2.93. The van der Waals surface area contributed by atoms with E-state index in [1.807, 2.05) is 24.3 Å². The Morgan fingerprint density at radius 1 is 1.35 bits per heavy atom. The highest BCUT2D eigenvalue weighted by Crippen LogP contribution is 2.39. The van der Waals surface area contributed by atoms with Crippen LogP contribution in [-0.4, -0.2) is 40.6 Å². The summed E-state index contributed by atoms with van der Waals surface area (Å²) in [7, 11) is 0. The SMILES string of the molecule is O=C(O)CCN(Cc1cccc(Br)c1)C(=O)[C@@H]1C[C@H]2CC[C@@H]1O2. The zero-order valence-corrected chi connectivity index (χ0v) is 14.4. The highest BCUT2D eigenvalue weighted by molar-refractivity contribution is 9.10. The number of rotatable bonds is 6. The van der Waals surface area contributed by atoms with E-state index < -0.39 is 5.97 Å². The first-order valence-electron chi connectivity index (χ1n) is 7.93. The van der Waals surface area contributed by atoms with Crippen LogP contribution in [0.5, 0.6) is 0 Å². The number of benzene rings is 1. The van der Waals surface area contributed by atoms with E-state index >= 15 is 0 Å². The monoisotopic (exact) mass is 381 g/mol. The molecule has 2 saturated heterocycles. The standard InChI is InChI=1S/C17H20BrNO4/c18-12-3-1-2-11(8-12)10-19(7-6-16(20)21)17(22)14-9-13-4-5-15(14)23-13/h1-3,8,13-15H,4-7,9-10H2,(H,20,21)/t13-,14-,15+/m1/s1. The van der Waals surface area contributed by atoms with Crippen LogP contribution >= 0.6 is 15.9 Å². The second kappa shape index (κ2) is 7.01. The number of carboxylic acid groups (broad SMARTS) is 1. The van der Waals surface area contributed by atoms with Crippen molar-refractivity contribution in [1.82, 2.24) is 4.90 Å². The van der Waals surface area contributed by atoms with Crippen LogP contribution in [0, 0.1) is 5.92 Å². The quantitative estimate of drug-likeness (QED) is 0.822. The summed E-state index contributed by atoms with van der Waals surface area (Å²) in [5, 5.41) is 8.95. The molecule has 5 nitrogen and oxygen atoms in total. The summed E-state index contributed by atoms with van der Waals surface area (Å²) in [4.78, 5) is 25.5. The van der Waals surface area contributed by atoms with E-state index in [1.165, 1.54) is 0 Å². The van der Waals surface area contributed by atoms with Gasteiger partial charge in [-0.3, -0.25) is 9.59 Å². The molecule has 0 spiro atoms. The topological polar surface area (TPSA) is 66.8 Å². The number of amides is 1. The summed E-state index contributed by atoms with van der Waals surface area (Å²) >= 11 is 3.43. The summed E-state index contributed by atoms with van der Waals surface area (Å²) < 4.78 is 6.73. The molecule has 3 rings (SSSR count). The summed E-state index contributed by atoms with van der Waals surface area (Å²) in [6, 6.07) is 7.75. The first kappa shape index (κ1) is 16.5. The molecule has 2 fully saturated rings. The van der Waals surface area contributed by atoms with Crippen molar-refractivity contribution in [2.75, 3.05) is 6.54 Å². The fourth-order valence-electron chi connectivity index (χ4n) is 3.49. The molecule has 1 amide bonds. The van der Waals surface area contributed by atoms with Crippen LogP contribution in [0.1, 0.15) is 31.2 Å². The van der Waals surface area contributed by atoms with Crippen LogP contribution < -0.4 is 0 Å². The van der Waals surface area contributed by atoms with E-state index in [4.69, 9.17) is 9.84 Å². The molecule has 1 aromatic rings. The molecular formula is C17H20BrNO4. The van der Waals surface area contributed by atoms with Gasteiger partial charge in [-0.05, 0) is 37.0 Å². The Morgan fingerprint density at radius 3 is 2.78 bits per heavy atom. The highest BCUT2D eigenvalue weighted by atomic mass is 79.9. The zero-order chi connectivity index (χ0) is 16.4. The third-order valence-corrected chi connectivity index (χ3v) is 5.09. The van der Waals surface area contributed by atoms with Crippen LogP contribution in [0.2, 0.25) is 0 Å². The van der Waals surface area contributed by atoms with E-state index in [0.717, 1.165) is 29.3 Å². The molecule has 2 bridgehead atoms. The Morgan fingerprint density at radius 2 is 2.17 bits per heavy atom. The minimum Gasteiger partial charge on any atom is -0.481 e. The van der Waals surface area contributed by atoms with Crippen molar-refractivity contribution in [2.24, 2.45) is 5.92 Å². The second-order valence-electron chi connectivity index (χ2n) is 6.25. The van der Waals surface area contributed by atoms with E-state index in [1.54, 1.807) is 4.90 Å². The van der Waals surface area contributed by atoms with Gasteiger partial charge in [-0.25, -0.2) is 0 Å². The molecule has 0 aliphatic carbocycles. The van der Waals surface area contributed by atoms with Gasteiger partial charge in [0, 0.05) is 17.6 Å². The molecule has 23 heavy (non-hydrogen) atoms. The molecule has 2 heterocycles. The minimum atomic E-state index is -0.888. The van der Waals surface area contributed by atoms with Crippen LogP contribution in [-0.2, 0) is 20.9 Å². The average molecular weight is 382 g/mol. The van der Waals surface area contributed by atoms with E-state index in [9.17, 15) is 9.59 Å². The zero-order valence-electron chi connectivity index (χ0n) is 12.8. The van der Waals surface area contributed by atoms with Crippen LogP contribution in [0.25, 0.3) is 0 Å². The maximum Gasteiger partial charge on any atom is 0.305 e. The highest BCUT2D eigenvalue weighted by Gasteiger charge is 2.45. The first-order valence-corrected chi connectivity index (χ1v) is 8.72. The van der Waals surface area contributed by atoms with Gasteiger partial charge < -0.3 is 14.7 Å². The number of hydrogen-bond donors (Lipinski definition) is 1. The van der Waals surface area contributed by atoms with Gasteiger partial charge in [-0.15, -0.1) is 0 Å². The van der Waals surface area contributed by atoms with Crippen molar-refractivity contribution in [3.8, 4) is 0 Å². The number of aliphatic carboxylic acids is 1. The summed E-state index contributed by atoms with van der Waals surface area (Å²) in [6.45, 7) is 0.661. The molecule has 3 atom stereocenters. The third kappa shape index (κ3) is 3.93. The Kier molecular flexibility index (Phi) is 5.02. The Bertz CT molecular complexity index is 606. The van der Waals surface area contributed by atoms with Crippen LogP contribution in [0.4, 0.5) is 0 Å². The Hall–Kier alpha value is -1.40. The Balaban J connectivity index is 1.72. The largest absolute Gasteiger partial charge is 0.481 e. The second-order valence-corrected chi connectivity index (χ2v) is 7.17. The average Bonchev–Trinajstić information content (AvgIpc) is 3.13. The van der Waals surface area contributed by atoms with Crippen molar-refractivity contribution in [3.63, 3.8) is 0 Å². The number of carboxylic acids is 1. The molecule has 2 aliphatic heterocycles. The third-order valence-electron chi connectivity index (χ3n) is 4.59. The van der Waals surface area contributed by atoms with E-state index in [2.05, 4.69) is 15.9 Å². The van der Waals surface area contributed by atoms with Gasteiger partial charge in [0.2, 0.25) is 5.91 Å². The number of nitrogens with zero attached hydrogens (tertiary/aromatic N) is 1. The van der Waals surface area contributed by atoms with Gasteiger partial charge in [-0.2, -0.15) is 0 Å². The predicted molar refractivity (Wildman–Crippen MR) is 87.8 cm³/mol. The lowest BCUT2D eigenvalue weighted by molar-refractivity contribution is -0.141. The first-order chi connectivity index (χ1) is 11.0. The molecule has 2 aliphatic rings. The smallest absolute Gasteiger partial charge is 0.305 e. The molecule has 1 N–H and O–H groups in total. The van der Waals surface area contributed by atoms with Gasteiger partial charge in [0.1, 0.15) is 0 Å². The Labute approximate surface area is 143 Å². The minimum absolute atomic E-state index is 0.0161. The molecule has 0 radical (unpaired) electrons. The molecule has 124 valence electrons.